The molecular formula is C14H10BrClO2S. The first-order chi connectivity index (χ1) is 9.04. The van der Waals surface area contributed by atoms with E-state index in [4.69, 9.17) is 16.7 Å². The van der Waals surface area contributed by atoms with E-state index in [2.05, 4.69) is 15.9 Å². The van der Waals surface area contributed by atoms with Crippen LogP contribution in [0.2, 0.25) is 5.02 Å². The maximum Gasteiger partial charge on any atom is 0.307 e. The molecule has 0 unspecified atom stereocenters. The van der Waals surface area contributed by atoms with Crippen molar-refractivity contribution in [3.63, 3.8) is 0 Å². The van der Waals surface area contributed by atoms with Crippen LogP contribution in [-0.4, -0.2) is 11.1 Å². The molecule has 19 heavy (non-hydrogen) atoms. The van der Waals surface area contributed by atoms with Gasteiger partial charge >= 0.3 is 5.97 Å². The summed E-state index contributed by atoms with van der Waals surface area (Å²) < 4.78 is 0.943. The number of hydrogen-bond acceptors (Lipinski definition) is 2. The van der Waals surface area contributed by atoms with Crippen LogP contribution in [0.1, 0.15) is 5.56 Å². The molecule has 0 aliphatic rings. The fourth-order valence-electron chi connectivity index (χ4n) is 1.53. The summed E-state index contributed by atoms with van der Waals surface area (Å²) in [5.41, 5.74) is 0.791. The molecule has 2 nitrogen and oxygen atoms in total. The summed E-state index contributed by atoms with van der Waals surface area (Å²) >= 11 is 11.1. The average Bonchev–Trinajstić information content (AvgIpc) is 2.34. The number of carbonyl (C=O) groups is 1. The predicted octanol–water partition coefficient (Wildman–Crippen LogP) is 4.88. The van der Waals surface area contributed by atoms with Crippen LogP contribution in [-0.2, 0) is 11.2 Å². The third kappa shape index (κ3) is 4.27. The van der Waals surface area contributed by atoms with Gasteiger partial charge in [0.25, 0.3) is 0 Å². The molecule has 0 fully saturated rings. The second-order valence-corrected chi connectivity index (χ2v) is 6.33. The van der Waals surface area contributed by atoms with E-state index in [1.807, 2.05) is 42.5 Å². The summed E-state index contributed by atoms with van der Waals surface area (Å²) in [7, 11) is 0. The van der Waals surface area contributed by atoms with E-state index in [9.17, 15) is 4.79 Å². The Balaban J connectivity index is 2.13. The van der Waals surface area contributed by atoms with Crippen LogP contribution in [0, 0.1) is 0 Å². The number of carboxylic acid groups (broad SMARTS) is 1. The SMILES string of the molecule is O=C(O)Cc1ccc(Sc2ccc(Br)cc2Cl)cc1. The molecule has 0 saturated heterocycles. The quantitative estimate of drug-likeness (QED) is 0.847. The summed E-state index contributed by atoms with van der Waals surface area (Å²) in [5.74, 6) is -0.823. The van der Waals surface area contributed by atoms with Crippen LogP contribution in [0.15, 0.2) is 56.7 Å². The standard InChI is InChI=1S/C14H10BrClO2S/c15-10-3-6-13(12(16)8-10)19-11-4-1-9(2-5-11)7-14(17)18/h1-6,8H,7H2,(H,17,18). The molecule has 0 spiro atoms. The van der Waals surface area contributed by atoms with Gasteiger partial charge in [-0.25, -0.2) is 0 Å². The van der Waals surface area contributed by atoms with Crippen LogP contribution in [0.4, 0.5) is 0 Å². The summed E-state index contributed by atoms with van der Waals surface area (Å²) in [6.45, 7) is 0. The molecule has 0 amide bonds. The van der Waals surface area contributed by atoms with E-state index in [1.54, 1.807) is 11.8 Å². The van der Waals surface area contributed by atoms with E-state index in [-0.39, 0.29) is 6.42 Å². The number of carboxylic acids is 1. The van der Waals surface area contributed by atoms with Gasteiger partial charge in [-0.05, 0) is 35.9 Å². The van der Waals surface area contributed by atoms with E-state index in [1.165, 1.54) is 0 Å². The van der Waals surface area contributed by atoms with Gasteiger partial charge in [0.2, 0.25) is 0 Å². The highest BCUT2D eigenvalue weighted by Gasteiger charge is 2.05. The largest absolute Gasteiger partial charge is 0.481 e. The fraction of sp³-hybridized carbons (Fsp3) is 0.0714. The second-order valence-electron chi connectivity index (χ2n) is 3.89. The molecule has 0 aromatic heterocycles. The topological polar surface area (TPSA) is 37.3 Å². The average molecular weight is 358 g/mol. The second kappa shape index (κ2) is 6.46. The Morgan fingerprint density at radius 1 is 1.21 bits per heavy atom. The highest BCUT2D eigenvalue weighted by molar-refractivity contribution is 9.10. The minimum atomic E-state index is -0.823. The molecule has 0 bridgehead atoms. The highest BCUT2D eigenvalue weighted by Crippen LogP contribution is 2.34. The number of halogens is 2. The van der Waals surface area contributed by atoms with Crippen molar-refractivity contribution in [2.45, 2.75) is 16.2 Å². The van der Waals surface area contributed by atoms with Crippen molar-refractivity contribution in [1.82, 2.24) is 0 Å². The lowest BCUT2D eigenvalue weighted by molar-refractivity contribution is -0.136. The maximum absolute atomic E-state index is 10.6. The molecule has 0 heterocycles. The van der Waals surface area contributed by atoms with Gasteiger partial charge in [-0.3, -0.25) is 4.79 Å². The van der Waals surface area contributed by atoms with Gasteiger partial charge in [0.05, 0.1) is 11.4 Å². The Morgan fingerprint density at radius 2 is 1.89 bits per heavy atom. The molecule has 0 saturated carbocycles. The molecule has 98 valence electrons. The van der Waals surface area contributed by atoms with Crippen LogP contribution < -0.4 is 0 Å². The smallest absolute Gasteiger partial charge is 0.307 e. The Morgan fingerprint density at radius 3 is 2.47 bits per heavy atom. The van der Waals surface area contributed by atoms with Gasteiger partial charge in [-0.2, -0.15) is 0 Å². The lowest BCUT2D eigenvalue weighted by atomic mass is 10.2. The van der Waals surface area contributed by atoms with Crippen molar-refractivity contribution < 1.29 is 9.90 Å². The number of benzene rings is 2. The van der Waals surface area contributed by atoms with Gasteiger partial charge in [-0.1, -0.05) is 51.4 Å². The van der Waals surface area contributed by atoms with E-state index >= 15 is 0 Å². The minimum absolute atomic E-state index is 0.0456. The maximum atomic E-state index is 10.6. The van der Waals surface area contributed by atoms with Crippen LogP contribution in [0.3, 0.4) is 0 Å². The molecule has 1 N–H and O–H groups in total. The van der Waals surface area contributed by atoms with E-state index < -0.39 is 5.97 Å². The first-order valence-electron chi connectivity index (χ1n) is 5.48. The number of hydrogen-bond donors (Lipinski definition) is 1. The zero-order chi connectivity index (χ0) is 13.8. The zero-order valence-electron chi connectivity index (χ0n) is 9.77. The van der Waals surface area contributed by atoms with Crippen molar-refractivity contribution in [2.75, 3.05) is 0 Å². The van der Waals surface area contributed by atoms with Crippen LogP contribution in [0.25, 0.3) is 0 Å². The van der Waals surface area contributed by atoms with Crippen LogP contribution in [0.5, 0.6) is 0 Å². The van der Waals surface area contributed by atoms with Gasteiger partial charge in [0, 0.05) is 14.3 Å². The van der Waals surface area contributed by atoms with Crippen molar-refractivity contribution >= 4 is 45.3 Å². The molecule has 5 heteroatoms. The molecule has 0 radical (unpaired) electrons. The first kappa shape index (κ1) is 14.4. The van der Waals surface area contributed by atoms with Gasteiger partial charge < -0.3 is 5.11 Å². The highest BCUT2D eigenvalue weighted by atomic mass is 79.9. The summed E-state index contributed by atoms with van der Waals surface area (Å²) in [6.07, 6.45) is 0.0456. The Labute approximate surface area is 128 Å². The zero-order valence-corrected chi connectivity index (χ0v) is 12.9. The van der Waals surface area contributed by atoms with Crippen molar-refractivity contribution in [3.8, 4) is 0 Å². The van der Waals surface area contributed by atoms with Crippen LogP contribution >= 0.6 is 39.3 Å². The minimum Gasteiger partial charge on any atom is -0.481 e. The molecule has 2 rings (SSSR count). The third-order valence-corrected chi connectivity index (χ3v) is 4.40. The normalized spacial score (nSPS) is 10.4. The molecule has 0 aliphatic heterocycles. The molecule has 0 atom stereocenters. The van der Waals surface area contributed by atoms with Crippen molar-refractivity contribution in [2.24, 2.45) is 0 Å². The fourth-order valence-corrected chi connectivity index (χ4v) is 3.14. The van der Waals surface area contributed by atoms with Crippen molar-refractivity contribution in [1.29, 1.82) is 0 Å². The van der Waals surface area contributed by atoms with Gasteiger partial charge in [0.1, 0.15) is 0 Å². The molecule has 2 aromatic rings. The first-order valence-corrected chi connectivity index (χ1v) is 7.47. The Bertz CT molecular complexity index is 599. The lowest BCUT2D eigenvalue weighted by Crippen LogP contribution is -1.99. The summed E-state index contributed by atoms with van der Waals surface area (Å²) in [6, 6.07) is 13.2. The lowest BCUT2D eigenvalue weighted by Gasteiger charge is -2.05. The predicted molar refractivity (Wildman–Crippen MR) is 81.1 cm³/mol. The molecule has 2 aromatic carbocycles. The van der Waals surface area contributed by atoms with Gasteiger partial charge in [0.15, 0.2) is 0 Å². The summed E-state index contributed by atoms with van der Waals surface area (Å²) in [4.78, 5) is 12.6. The number of rotatable bonds is 4. The Hall–Kier alpha value is -0.970. The number of aliphatic carboxylic acids is 1. The van der Waals surface area contributed by atoms with Crippen molar-refractivity contribution in [3.05, 3.63) is 57.5 Å². The summed E-state index contributed by atoms with van der Waals surface area (Å²) in [5, 5.41) is 9.40. The molecular weight excluding hydrogens is 348 g/mol. The van der Waals surface area contributed by atoms with E-state index in [0.717, 1.165) is 19.8 Å². The monoisotopic (exact) mass is 356 g/mol. The Kier molecular flexibility index (Phi) is 4.91. The third-order valence-electron chi connectivity index (χ3n) is 2.40. The molecule has 0 aliphatic carbocycles. The van der Waals surface area contributed by atoms with Gasteiger partial charge in [-0.15, -0.1) is 0 Å². The van der Waals surface area contributed by atoms with E-state index in [0.29, 0.717) is 5.02 Å².